The van der Waals surface area contributed by atoms with Crippen LogP contribution in [0.25, 0.3) is 0 Å². The van der Waals surface area contributed by atoms with Gasteiger partial charge in [-0.3, -0.25) is 0 Å². The Morgan fingerprint density at radius 3 is 2.54 bits per heavy atom. The first-order chi connectivity index (χ1) is 17.0. The van der Waals surface area contributed by atoms with E-state index in [2.05, 4.69) is 14.9 Å². The summed E-state index contributed by atoms with van der Waals surface area (Å²) in [5, 5.41) is 4.82. The summed E-state index contributed by atoms with van der Waals surface area (Å²) < 4.78 is 44.1. The predicted octanol–water partition coefficient (Wildman–Crippen LogP) is 4.81. The molecule has 2 bridgehead atoms. The van der Waals surface area contributed by atoms with Crippen LogP contribution >= 0.6 is 0 Å². The van der Waals surface area contributed by atoms with Crippen molar-refractivity contribution in [1.29, 1.82) is 0 Å². The number of benzene rings is 1. The van der Waals surface area contributed by atoms with Gasteiger partial charge in [0.25, 0.3) is 0 Å². The lowest BCUT2D eigenvalue weighted by Crippen LogP contribution is -2.43. The highest BCUT2D eigenvalue weighted by molar-refractivity contribution is 5.40. The summed E-state index contributed by atoms with van der Waals surface area (Å²) in [4.78, 5) is 16.0. The lowest BCUT2D eigenvalue weighted by atomic mass is 9.82. The number of hydrogen-bond donors (Lipinski definition) is 0. The predicted molar refractivity (Wildman–Crippen MR) is 124 cm³/mol. The van der Waals surface area contributed by atoms with Gasteiger partial charge in [0, 0.05) is 49.3 Å². The summed E-state index contributed by atoms with van der Waals surface area (Å²) in [6.07, 6.45) is 7.20. The summed E-state index contributed by atoms with van der Waals surface area (Å²) >= 11 is 0. The zero-order valence-corrected chi connectivity index (χ0v) is 19.8. The average molecular weight is 483 g/mol. The second kappa shape index (κ2) is 8.91. The monoisotopic (exact) mass is 482 g/mol. The summed E-state index contributed by atoms with van der Waals surface area (Å²) in [6, 6.07) is 4.41. The number of aryl methyl sites for hydroxylation is 2. The Balaban J connectivity index is 1.24. The fourth-order valence-electron chi connectivity index (χ4n) is 6.44. The van der Waals surface area contributed by atoms with Crippen molar-refractivity contribution in [1.82, 2.24) is 24.7 Å². The molecular weight excluding hydrogens is 453 g/mol. The first-order valence-electron chi connectivity index (χ1n) is 12.6. The van der Waals surface area contributed by atoms with Gasteiger partial charge in [-0.25, -0.2) is 32.8 Å². The van der Waals surface area contributed by atoms with Crippen LogP contribution in [0.15, 0.2) is 24.5 Å². The van der Waals surface area contributed by atoms with Crippen LogP contribution in [0, 0.1) is 42.1 Å². The van der Waals surface area contributed by atoms with E-state index in [-0.39, 0.29) is 5.56 Å². The van der Waals surface area contributed by atoms with Gasteiger partial charge < -0.3 is 4.90 Å². The van der Waals surface area contributed by atoms with Gasteiger partial charge in [-0.15, -0.1) is 0 Å². The lowest BCUT2D eigenvalue weighted by molar-refractivity contribution is 0.264. The molecule has 1 aliphatic carbocycles. The zero-order chi connectivity index (χ0) is 24.1. The molecule has 2 aliphatic heterocycles. The van der Waals surface area contributed by atoms with E-state index in [0.717, 1.165) is 55.8 Å². The molecule has 4 atom stereocenters. The molecule has 0 amide bonds. The van der Waals surface area contributed by atoms with Crippen molar-refractivity contribution in [2.45, 2.75) is 57.9 Å². The number of nitrogens with zero attached hydrogens (tertiary/aromatic N) is 6. The molecule has 2 aromatic heterocycles. The molecule has 35 heavy (non-hydrogen) atoms. The molecule has 1 unspecified atom stereocenters. The van der Waals surface area contributed by atoms with E-state index < -0.39 is 23.4 Å². The van der Waals surface area contributed by atoms with Crippen molar-refractivity contribution < 1.29 is 13.2 Å². The van der Waals surface area contributed by atoms with E-state index in [0.29, 0.717) is 36.5 Å². The first-order valence-corrected chi connectivity index (χ1v) is 12.6. The van der Waals surface area contributed by atoms with Crippen molar-refractivity contribution >= 4 is 5.82 Å². The summed E-state index contributed by atoms with van der Waals surface area (Å²) in [5.41, 5.74) is 1.14. The summed E-state index contributed by atoms with van der Waals surface area (Å²) in [6.45, 7) is 4.63. The van der Waals surface area contributed by atoms with Crippen LogP contribution in [0.3, 0.4) is 0 Å². The number of halogens is 3. The maximum absolute atomic E-state index is 14.7. The minimum atomic E-state index is -1.42. The quantitative estimate of drug-likeness (QED) is 0.500. The molecule has 1 saturated heterocycles. The molecule has 6 rings (SSSR count). The summed E-state index contributed by atoms with van der Waals surface area (Å²) in [7, 11) is 0. The van der Waals surface area contributed by atoms with E-state index in [4.69, 9.17) is 10.1 Å². The molecule has 6 nitrogen and oxygen atoms in total. The Morgan fingerprint density at radius 2 is 1.77 bits per heavy atom. The number of rotatable bonds is 4. The number of anilines is 1. The van der Waals surface area contributed by atoms with Gasteiger partial charge in [-0.2, -0.15) is 5.10 Å². The molecular formula is C26H29F3N6. The first kappa shape index (κ1) is 22.5. The minimum absolute atomic E-state index is 0.166. The standard InChI is InChI=1S/C26H29F3N6/c1-15-10-23(31-14-30-15)34-12-16-5-6-17(13-34)20(16)11-22-32-26-19(4-2-3-9-35(26)33-22)18-7-8-21(27)25(29)24(18)28/h7-8,10,14,16-17,19-20H,2-6,9,11-13H2,1H3/t16-,17+,19-,20?/m1/s1. The summed E-state index contributed by atoms with van der Waals surface area (Å²) in [5.74, 6) is -0.0753. The van der Waals surface area contributed by atoms with E-state index >= 15 is 0 Å². The molecule has 0 radical (unpaired) electrons. The fourth-order valence-corrected chi connectivity index (χ4v) is 6.44. The molecule has 0 spiro atoms. The highest BCUT2D eigenvalue weighted by Gasteiger charge is 2.43. The smallest absolute Gasteiger partial charge is 0.194 e. The second-order valence-corrected chi connectivity index (χ2v) is 10.3. The van der Waals surface area contributed by atoms with E-state index in [1.165, 1.54) is 18.9 Å². The van der Waals surface area contributed by atoms with Crippen molar-refractivity contribution in [3.8, 4) is 0 Å². The van der Waals surface area contributed by atoms with E-state index in [1.807, 2.05) is 17.7 Å². The fraction of sp³-hybridized carbons (Fsp3) is 0.538. The maximum Gasteiger partial charge on any atom is 0.194 e. The third-order valence-corrected chi connectivity index (χ3v) is 8.17. The third-order valence-electron chi connectivity index (χ3n) is 8.17. The number of piperidine rings is 1. The number of aromatic nitrogens is 5. The molecule has 3 aliphatic rings. The normalized spacial score (nSPS) is 26.0. The zero-order valence-electron chi connectivity index (χ0n) is 19.8. The van der Waals surface area contributed by atoms with Crippen molar-refractivity contribution in [3.05, 3.63) is 64.9 Å². The van der Waals surface area contributed by atoms with Crippen molar-refractivity contribution in [2.75, 3.05) is 18.0 Å². The van der Waals surface area contributed by atoms with Gasteiger partial charge in [0.05, 0.1) is 0 Å². The van der Waals surface area contributed by atoms with Crippen LogP contribution in [0.2, 0.25) is 0 Å². The molecule has 1 aromatic carbocycles. The molecule has 2 fully saturated rings. The van der Waals surface area contributed by atoms with Gasteiger partial charge in [0.1, 0.15) is 18.0 Å². The van der Waals surface area contributed by atoms with Crippen molar-refractivity contribution in [3.63, 3.8) is 0 Å². The van der Waals surface area contributed by atoms with Gasteiger partial charge in [-0.1, -0.05) is 12.5 Å². The molecule has 4 heterocycles. The topological polar surface area (TPSA) is 59.7 Å². The second-order valence-electron chi connectivity index (χ2n) is 10.3. The Bertz CT molecular complexity index is 1230. The van der Waals surface area contributed by atoms with Crippen LogP contribution in [0.5, 0.6) is 0 Å². The third kappa shape index (κ3) is 4.08. The Labute approximate surface area is 202 Å². The Kier molecular flexibility index (Phi) is 5.73. The van der Waals surface area contributed by atoms with Gasteiger partial charge >= 0.3 is 0 Å². The largest absolute Gasteiger partial charge is 0.356 e. The number of fused-ring (bicyclic) bond motifs is 3. The highest BCUT2D eigenvalue weighted by Crippen LogP contribution is 2.44. The van der Waals surface area contributed by atoms with E-state index in [1.54, 1.807) is 6.33 Å². The van der Waals surface area contributed by atoms with Gasteiger partial charge in [0.15, 0.2) is 23.3 Å². The average Bonchev–Trinajstić information content (AvgIpc) is 3.25. The van der Waals surface area contributed by atoms with Gasteiger partial charge in [-0.05, 0) is 56.4 Å². The molecule has 184 valence electrons. The lowest BCUT2D eigenvalue weighted by Gasteiger charge is -2.38. The van der Waals surface area contributed by atoms with Crippen molar-refractivity contribution in [2.24, 2.45) is 17.8 Å². The van der Waals surface area contributed by atoms with Crippen LogP contribution in [0.1, 0.15) is 60.9 Å². The molecule has 1 saturated carbocycles. The maximum atomic E-state index is 14.7. The van der Waals surface area contributed by atoms with Crippen LogP contribution in [0.4, 0.5) is 19.0 Å². The molecule has 9 heteroatoms. The van der Waals surface area contributed by atoms with E-state index in [9.17, 15) is 13.2 Å². The Morgan fingerprint density at radius 1 is 0.971 bits per heavy atom. The van der Waals surface area contributed by atoms with Crippen LogP contribution in [-0.4, -0.2) is 37.8 Å². The molecule has 0 N–H and O–H groups in total. The minimum Gasteiger partial charge on any atom is -0.356 e. The molecule has 3 aromatic rings. The highest BCUT2D eigenvalue weighted by atomic mass is 19.2. The van der Waals surface area contributed by atoms with Crippen LogP contribution < -0.4 is 4.90 Å². The Hall–Kier alpha value is -2.97. The number of hydrogen-bond acceptors (Lipinski definition) is 5. The SMILES string of the molecule is Cc1cc(N2C[C@H]3CC[C@@H](C2)C3Cc2nc3n(n2)CCCC[C@@H]3c2ccc(F)c(F)c2F)ncn1. The van der Waals surface area contributed by atoms with Crippen LogP contribution in [-0.2, 0) is 13.0 Å². The van der Waals surface area contributed by atoms with Gasteiger partial charge in [0.2, 0.25) is 0 Å².